The third-order valence-corrected chi connectivity index (χ3v) is 5.54. The summed E-state index contributed by atoms with van der Waals surface area (Å²) in [5, 5.41) is 3.74. The Kier molecular flexibility index (Phi) is 9.46. The number of methoxy groups -OCH3 is 2. The molecule has 0 heterocycles. The van der Waals surface area contributed by atoms with Crippen molar-refractivity contribution in [1.29, 1.82) is 0 Å². The predicted molar refractivity (Wildman–Crippen MR) is 123 cm³/mol. The van der Waals surface area contributed by atoms with E-state index in [0.717, 1.165) is 11.1 Å². The van der Waals surface area contributed by atoms with Gasteiger partial charge >= 0.3 is 0 Å². The molecule has 0 aliphatic heterocycles. The van der Waals surface area contributed by atoms with E-state index in [9.17, 15) is 9.59 Å². The molecule has 0 aromatic heterocycles. The first-order valence-corrected chi connectivity index (χ1v) is 10.8. The molecule has 8 heteroatoms. The quantitative estimate of drug-likeness (QED) is 0.559. The van der Waals surface area contributed by atoms with Gasteiger partial charge in [0.2, 0.25) is 11.8 Å². The molecule has 31 heavy (non-hydrogen) atoms. The Labute approximate surface area is 193 Å². The minimum absolute atomic E-state index is 0.153. The summed E-state index contributed by atoms with van der Waals surface area (Å²) in [6, 6.07) is 10.0. The second kappa shape index (κ2) is 11.8. The number of amides is 2. The van der Waals surface area contributed by atoms with Crippen molar-refractivity contribution in [2.45, 2.75) is 39.3 Å². The number of rotatable bonds is 10. The van der Waals surface area contributed by atoms with Crippen LogP contribution in [0.25, 0.3) is 0 Å². The minimum atomic E-state index is -0.649. The molecule has 0 saturated heterocycles. The smallest absolute Gasteiger partial charge is 0.242 e. The van der Waals surface area contributed by atoms with Gasteiger partial charge in [0.05, 0.1) is 14.2 Å². The van der Waals surface area contributed by atoms with Crippen LogP contribution in [-0.2, 0) is 22.6 Å². The number of nitrogens with zero attached hydrogens (tertiary/aromatic N) is 1. The Morgan fingerprint density at radius 2 is 1.77 bits per heavy atom. The normalized spacial score (nSPS) is 11.5. The fraction of sp³-hybridized carbons (Fsp3) is 0.391. The van der Waals surface area contributed by atoms with E-state index in [-0.39, 0.29) is 24.8 Å². The van der Waals surface area contributed by atoms with E-state index in [1.807, 2.05) is 19.1 Å². The molecule has 0 aliphatic rings. The van der Waals surface area contributed by atoms with Crippen molar-refractivity contribution < 1.29 is 19.1 Å². The monoisotopic (exact) mass is 466 g/mol. The molecule has 0 fully saturated rings. The van der Waals surface area contributed by atoms with Gasteiger partial charge in [0.1, 0.15) is 6.04 Å². The molecule has 2 rings (SSSR count). The van der Waals surface area contributed by atoms with Crippen molar-refractivity contribution in [3.8, 4) is 11.5 Å². The number of aryl methyl sites for hydroxylation is 1. The summed E-state index contributed by atoms with van der Waals surface area (Å²) in [6.45, 7) is 4.24. The Balaban J connectivity index is 2.20. The number of hydrogen-bond acceptors (Lipinski definition) is 4. The van der Waals surface area contributed by atoms with Gasteiger partial charge in [0.15, 0.2) is 11.5 Å². The Morgan fingerprint density at radius 3 is 2.39 bits per heavy atom. The molecule has 2 aromatic rings. The van der Waals surface area contributed by atoms with Crippen LogP contribution in [0.1, 0.15) is 31.4 Å². The number of carbonyl (C=O) groups excluding carboxylic acids is 2. The number of halogens is 2. The Bertz CT molecular complexity index is 920. The highest BCUT2D eigenvalue weighted by Crippen LogP contribution is 2.28. The lowest BCUT2D eigenvalue weighted by Crippen LogP contribution is -2.47. The highest BCUT2D eigenvalue weighted by Gasteiger charge is 2.26. The minimum Gasteiger partial charge on any atom is -0.493 e. The summed E-state index contributed by atoms with van der Waals surface area (Å²) in [6.07, 6.45) is 0.719. The van der Waals surface area contributed by atoms with Gasteiger partial charge in [-0.2, -0.15) is 0 Å². The van der Waals surface area contributed by atoms with Crippen molar-refractivity contribution >= 4 is 35.0 Å². The summed E-state index contributed by atoms with van der Waals surface area (Å²) >= 11 is 12.3. The van der Waals surface area contributed by atoms with Crippen molar-refractivity contribution in [2.75, 3.05) is 20.8 Å². The van der Waals surface area contributed by atoms with Crippen molar-refractivity contribution in [2.24, 2.45) is 0 Å². The second-order valence-corrected chi connectivity index (χ2v) is 7.86. The Hall–Kier alpha value is -2.44. The average Bonchev–Trinajstić information content (AvgIpc) is 2.76. The molecule has 0 radical (unpaired) electrons. The maximum atomic E-state index is 13.1. The summed E-state index contributed by atoms with van der Waals surface area (Å²) in [5.41, 5.74) is 1.66. The summed E-state index contributed by atoms with van der Waals surface area (Å²) in [5.74, 6) is 0.862. The molecule has 6 nitrogen and oxygen atoms in total. The molecular formula is C23H28Cl2N2O4. The topological polar surface area (TPSA) is 67.9 Å². The maximum Gasteiger partial charge on any atom is 0.242 e. The number of carbonyl (C=O) groups is 2. The van der Waals surface area contributed by atoms with E-state index in [1.54, 1.807) is 50.3 Å². The number of nitrogens with one attached hydrogen (secondary N) is 1. The molecule has 1 N–H and O–H groups in total. The summed E-state index contributed by atoms with van der Waals surface area (Å²) in [4.78, 5) is 27.1. The highest BCUT2D eigenvalue weighted by atomic mass is 35.5. The molecule has 0 saturated carbocycles. The van der Waals surface area contributed by atoms with Gasteiger partial charge in [0.25, 0.3) is 0 Å². The van der Waals surface area contributed by atoms with Gasteiger partial charge < -0.3 is 19.7 Å². The number of benzene rings is 2. The lowest BCUT2D eigenvalue weighted by atomic mass is 10.1. The maximum absolute atomic E-state index is 13.1. The first-order chi connectivity index (χ1) is 14.8. The average molecular weight is 467 g/mol. The van der Waals surface area contributed by atoms with Crippen molar-refractivity contribution in [1.82, 2.24) is 10.2 Å². The summed E-state index contributed by atoms with van der Waals surface area (Å²) in [7, 11) is 3.14. The molecule has 168 valence electrons. The summed E-state index contributed by atoms with van der Waals surface area (Å²) < 4.78 is 10.6. The largest absolute Gasteiger partial charge is 0.493 e. The zero-order chi connectivity index (χ0) is 23.0. The molecular weight excluding hydrogens is 439 g/mol. The van der Waals surface area contributed by atoms with E-state index >= 15 is 0 Å². The third kappa shape index (κ3) is 6.77. The van der Waals surface area contributed by atoms with E-state index < -0.39 is 6.04 Å². The molecule has 2 aromatic carbocycles. The second-order valence-electron chi connectivity index (χ2n) is 7.02. The van der Waals surface area contributed by atoms with Crippen LogP contribution in [0, 0.1) is 0 Å². The van der Waals surface area contributed by atoms with Gasteiger partial charge in [-0.05, 0) is 55.7 Å². The van der Waals surface area contributed by atoms with E-state index in [2.05, 4.69) is 5.32 Å². The van der Waals surface area contributed by atoms with Crippen molar-refractivity contribution in [3.05, 3.63) is 57.6 Å². The number of ether oxygens (including phenoxy) is 2. The molecule has 0 aliphatic carbocycles. The molecule has 2 amide bonds. The van der Waals surface area contributed by atoms with Crippen LogP contribution in [0.3, 0.4) is 0 Å². The van der Waals surface area contributed by atoms with Gasteiger partial charge in [-0.3, -0.25) is 9.59 Å². The molecule has 1 atom stereocenters. The van der Waals surface area contributed by atoms with Crippen LogP contribution >= 0.6 is 23.2 Å². The fourth-order valence-electron chi connectivity index (χ4n) is 3.17. The standard InChI is InChI=1S/C23H28Cl2N2O4/c1-5-26-23(29)15(2)27(14-17-8-9-18(24)13-19(17)25)22(28)11-7-16-6-10-20(30-3)21(12-16)31-4/h6,8-10,12-13,15H,5,7,11,14H2,1-4H3,(H,26,29). The van der Waals surface area contributed by atoms with Crippen LogP contribution in [0.15, 0.2) is 36.4 Å². The predicted octanol–water partition coefficient (Wildman–Crippen LogP) is 4.50. The van der Waals surface area contributed by atoms with Crippen molar-refractivity contribution in [3.63, 3.8) is 0 Å². The molecule has 0 spiro atoms. The number of hydrogen-bond donors (Lipinski definition) is 1. The first-order valence-electron chi connectivity index (χ1n) is 10.0. The van der Waals surface area contributed by atoms with E-state index in [0.29, 0.717) is 34.5 Å². The first kappa shape index (κ1) is 24.8. The number of likely N-dealkylation sites (N-methyl/N-ethyl adjacent to an activating group) is 1. The lowest BCUT2D eigenvalue weighted by molar-refractivity contribution is -0.140. The zero-order valence-electron chi connectivity index (χ0n) is 18.2. The fourth-order valence-corrected chi connectivity index (χ4v) is 3.64. The van der Waals surface area contributed by atoms with Crippen LogP contribution in [-0.4, -0.2) is 43.5 Å². The zero-order valence-corrected chi connectivity index (χ0v) is 19.7. The van der Waals surface area contributed by atoms with Gasteiger partial charge in [0, 0.05) is 29.6 Å². The van der Waals surface area contributed by atoms with E-state index in [1.165, 1.54) is 0 Å². The highest BCUT2D eigenvalue weighted by molar-refractivity contribution is 6.35. The SMILES string of the molecule is CCNC(=O)C(C)N(Cc1ccc(Cl)cc1Cl)C(=O)CCc1ccc(OC)c(OC)c1. The van der Waals surface area contributed by atoms with E-state index in [4.69, 9.17) is 32.7 Å². The molecule has 0 bridgehead atoms. The Morgan fingerprint density at radius 1 is 1.06 bits per heavy atom. The van der Waals surface area contributed by atoms with Crippen LogP contribution < -0.4 is 14.8 Å². The third-order valence-electron chi connectivity index (χ3n) is 4.95. The lowest BCUT2D eigenvalue weighted by Gasteiger charge is -2.29. The van der Waals surface area contributed by atoms with Crippen LogP contribution in [0.2, 0.25) is 10.0 Å². The van der Waals surface area contributed by atoms with Gasteiger partial charge in [-0.25, -0.2) is 0 Å². The van der Waals surface area contributed by atoms with Crippen LogP contribution in [0.5, 0.6) is 11.5 Å². The van der Waals surface area contributed by atoms with Gasteiger partial charge in [-0.1, -0.05) is 35.3 Å². The van der Waals surface area contributed by atoms with Crippen LogP contribution in [0.4, 0.5) is 0 Å². The molecule has 1 unspecified atom stereocenters. The van der Waals surface area contributed by atoms with Gasteiger partial charge in [-0.15, -0.1) is 0 Å².